The molecule has 0 aromatic heterocycles. The van der Waals surface area contributed by atoms with Gasteiger partial charge in [0.2, 0.25) is 0 Å². The second-order valence-electron chi connectivity index (χ2n) is 4.46. The summed E-state index contributed by atoms with van der Waals surface area (Å²) < 4.78 is 11.2. The smallest absolute Gasteiger partial charge is 0.133 e. The molecule has 0 aliphatic heterocycles. The molecule has 2 N–H and O–H groups in total. The number of hydrogen-bond donors (Lipinski definition) is 2. The first-order valence-electron chi connectivity index (χ1n) is 5.87. The molecule has 0 amide bonds. The van der Waals surface area contributed by atoms with Crippen LogP contribution in [0.2, 0.25) is 0 Å². The Balaban J connectivity index is 2.86. The summed E-state index contributed by atoms with van der Waals surface area (Å²) in [5, 5.41) is 16.0. The second kappa shape index (κ2) is 5.06. The van der Waals surface area contributed by atoms with Crippen LogP contribution in [0.4, 0.5) is 0 Å². The maximum absolute atomic E-state index is 8.07. The Morgan fingerprint density at radius 3 is 2.44 bits per heavy atom. The standard InChI is InChI=1S/C12H22N2O2/c1-5-15-11-9(13)7-12(4,16-6-2)8(3)10(11)14/h8,11,13-14H,5-7H2,1-4H3. The monoisotopic (exact) mass is 226 g/mol. The summed E-state index contributed by atoms with van der Waals surface area (Å²) >= 11 is 0. The van der Waals surface area contributed by atoms with Gasteiger partial charge in [-0.1, -0.05) is 6.92 Å². The molecule has 4 nitrogen and oxygen atoms in total. The molecule has 0 aromatic carbocycles. The highest BCUT2D eigenvalue weighted by Gasteiger charge is 2.45. The molecule has 0 bridgehead atoms. The number of hydrogen-bond acceptors (Lipinski definition) is 4. The Morgan fingerprint density at radius 2 is 1.94 bits per heavy atom. The van der Waals surface area contributed by atoms with Crippen LogP contribution in [0.5, 0.6) is 0 Å². The van der Waals surface area contributed by atoms with Gasteiger partial charge >= 0.3 is 0 Å². The van der Waals surface area contributed by atoms with Gasteiger partial charge in [0.25, 0.3) is 0 Å². The number of ether oxygens (including phenoxy) is 2. The molecule has 1 aliphatic rings. The van der Waals surface area contributed by atoms with Gasteiger partial charge in [-0.2, -0.15) is 0 Å². The van der Waals surface area contributed by atoms with Crippen molar-refractivity contribution in [3.63, 3.8) is 0 Å². The largest absolute Gasteiger partial charge is 0.375 e. The molecule has 0 heterocycles. The van der Waals surface area contributed by atoms with Gasteiger partial charge < -0.3 is 20.3 Å². The Bertz CT molecular complexity index is 291. The van der Waals surface area contributed by atoms with Crippen molar-refractivity contribution in [3.05, 3.63) is 0 Å². The molecule has 1 aliphatic carbocycles. The lowest BCUT2D eigenvalue weighted by Crippen LogP contribution is -2.54. The van der Waals surface area contributed by atoms with Gasteiger partial charge in [0.05, 0.1) is 5.60 Å². The second-order valence-corrected chi connectivity index (χ2v) is 4.46. The molecule has 1 fully saturated rings. The highest BCUT2D eigenvalue weighted by molar-refractivity contribution is 6.11. The maximum atomic E-state index is 8.07. The van der Waals surface area contributed by atoms with Crippen molar-refractivity contribution < 1.29 is 9.47 Å². The first kappa shape index (κ1) is 13.3. The van der Waals surface area contributed by atoms with Crippen LogP contribution in [0.1, 0.15) is 34.1 Å². The molecule has 3 unspecified atom stereocenters. The number of rotatable bonds is 4. The Labute approximate surface area is 97.3 Å². The fraction of sp³-hybridized carbons (Fsp3) is 0.833. The summed E-state index contributed by atoms with van der Waals surface area (Å²) in [6.07, 6.45) is 0.114. The van der Waals surface area contributed by atoms with Crippen molar-refractivity contribution in [1.82, 2.24) is 0 Å². The maximum Gasteiger partial charge on any atom is 0.133 e. The van der Waals surface area contributed by atoms with Crippen LogP contribution in [0, 0.1) is 16.7 Å². The summed E-state index contributed by atoms with van der Waals surface area (Å²) in [6, 6.07) is 0. The van der Waals surface area contributed by atoms with Gasteiger partial charge in [0, 0.05) is 37.0 Å². The van der Waals surface area contributed by atoms with E-state index in [-0.39, 0.29) is 5.92 Å². The third-order valence-electron chi connectivity index (χ3n) is 3.33. The Kier molecular flexibility index (Phi) is 4.21. The fourth-order valence-electron chi connectivity index (χ4n) is 2.23. The summed E-state index contributed by atoms with van der Waals surface area (Å²) in [4.78, 5) is 0. The first-order chi connectivity index (χ1) is 7.46. The van der Waals surface area contributed by atoms with E-state index in [1.165, 1.54) is 0 Å². The topological polar surface area (TPSA) is 66.2 Å². The summed E-state index contributed by atoms with van der Waals surface area (Å²) in [6.45, 7) is 8.94. The molecule has 0 spiro atoms. The van der Waals surface area contributed by atoms with E-state index < -0.39 is 11.7 Å². The van der Waals surface area contributed by atoms with Crippen molar-refractivity contribution in [3.8, 4) is 0 Å². The van der Waals surface area contributed by atoms with E-state index in [1.54, 1.807) is 0 Å². The molecular formula is C12H22N2O2. The lowest BCUT2D eigenvalue weighted by molar-refractivity contribution is -0.0488. The van der Waals surface area contributed by atoms with Crippen molar-refractivity contribution in [2.45, 2.75) is 45.8 Å². The molecule has 1 saturated carbocycles. The molecule has 0 radical (unpaired) electrons. The zero-order valence-corrected chi connectivity index (χ0v) is 10.6. The molecule has 16 heavy (non-hydrogen) atoms. The lowest BCUT2D eigenvalue weighted by atomic mass is 9.73. The van der Waals surface area contributed by atoms with Gasteiger partial charge in [-0.25, -0.2) is 0 Å². The molecule has 92 valence electrons. The summed E-state index contributed by atoms with van der Waals surface area (Å²) in [5.74, 6) is -0.00176. The van der Waals surface area contributed by atoms with Crippen LogP contribution < -0.4 is 0 Å². The van der Waals surface area contributed by atoms with E-state index in [1.807, 2.05) is 27.7 Å². The third kappa shape index (κ3) is 2.33. The number of nitrogens with one attached hydrogen (secondary N) is 2. The molecule has 0 saturated heterocycles. The predicted octanol–water partition coefficient (Wildman–Crippen LogP) is 2.27. The van der Waals surface area contributed by atoms with Crippen LogP contribution in [0.3, 0.4) is 0 Å². The zero-order chi connectivity index (χ0) is 12.3. The predicted molar refractivity (Wildman–Crippen MR) is 64.7 cm³/mol. The fourth-order valence-corrected chi connectivity index (χ4v) is 2.23. The van der Waals surface area contributed by atoms with Gasteiger partial charge in [-0.05, 0) is 20.8 Å². The highest BCUT2D eigenvalue weighted by atomic mass is 16.5. The van der Waals surface area contributed by atoms with Crippen LogP contribution >= 0.6 is 0 Å². The minimum Gasteiger partial charge on any atom is -0.375 e. The van der Waals surface area contributed by atoms with Crippen molar-refractivity contribution in [1.29, 1.82) is 10.8 Å². The SMILES string of the molecule is CCOC1C(=N)CC(C)(OCC)C(C)C1=N. The highest BCUT2D eigenvalue weighted by Crippen LogP contribution is 2.34. The zero-order valence-electron chi connectivity index (χ0n) is 10.6. The van der Waals surface area contributed by atoms with Gasteiger partial charge in [-0.3, -0.25) is 0 Å². The van der Waals surface area contributed by atoms with Crippen LogP contribution in [-0.4, -0.2) is 36.3 Å². The molecular weight excluding hydrogens is 204 g/mol. The minimum absolute atomic E-state index is 0.00176. The van der Waals surface area contributed by atoms with Crippen molar-refractivity contribution in [2.24, 2.45) is 5.92 Å². The minimum atomic E-state index is -0.437. The van der Waals surface area contributed by atoms with Crippen molar-refractivity contribution >= 4 is 11.4 Å². The van der Waals surface area contributed by atoms with E-state index >= 15 is 0 Å². The molecule has 1 rings (SSSR count). The third-order valence-corrected chi connectivity index (χ3v) is 3.33. The molecule has 3 atom stereocenters. The van der Waals surface area contributed by atoms with Crippen LogP contribution in [0.25, 0.3) is 0 Å². The van der Waals surface area contributed by atoms with E-state index in [4.69, 9.17) is 20.3 Å². The molecule has 4 heteroatoms. The van der Waals surface area contributed by atoms with Crippen LogP contribution in [0.15, 0.2) is 0 Å². The van der Waals surface area contributed by atoms with E-state index in [0.717, 1.165) is 0 Å². The molecule has 0 aromatic rings. The summed E-state index contributed by atoms with van der Waals surface area (Å²) in [5.41, 5.74) is 0.506. The lowest BCUT2D eigenvalue weighted by Gasteiger charge is -2.43. The van der Waals surface area contributed by atoms with Gasteiger partial charge in [-0.15, -0.1) is 0 Å². The Hall–Kier alpha value is -0.740. The van der Waals surface area contributed by atoms with Gasteiger partial charge in [0.1, 0.15) is 6.10 Å². The average molecular weight is 226 g/mol. The summed E-state index contributed by atoms with van der Waals surface area (Å²) in [7, 11) is 0. The first-order valence-corrected chi connectivity index (χ1v) is 5.87. The van der Waals surface area contributed by atoms with E-state index in [0.29, 0.717) is 31.1 Å². The average Bonchev–Trinajstić information content (AvgIpc) is 2.22. The van der Waals surface area contributed by atoms with Crippen molar-refractivity contribution in [2.75, 3.05) is 13.2 Å². The quantitative estimate of drug-likeness (QED) is 0.772. The Morgan fingerprint density at radius 1 is 1.31 bits per heavy atom. The van der Waals surface area contributed by atoms with Crippen LogP contribution in [-0.2, 0) is 9.47 Å². The van der Waals surface area contributed by atoms with E-state index in [2.05, 4.69) is 0 Å². The van der Waals surface area contributed by atoms with Gasteiger partial charge in [0.15, 0.2) is 0 Å². The normalized spacial score (nSPS) is 35.5. The van der Waals surface area contributed by atoms with E-state index in [9.17, 15) is 0 Å².